The molecule has 0 fully saturated rings. The lowest BCUT2D eigenvalue weighted by molar-refractivity contribution is -0.104. The molecule has 1 heterocycles. The Morgan fingerprint density at radius 3 is 3.00 bits per heavy atom. The third kappa shape index (κ3) is 1.33. The number of rotatable bonds is 2. The van der Waals surface area contributed by atoms with E-state index in [1.165, 1.54) is 6.08 Å². The molecule has 4 heteroatoms. The molecule has 0 atom stereocenters. The summed E-state index contributed by atoms with van der Waals surface area (Å²) in [4.78, 5) is 10.1. The van der Waals surface area contributed by atoms with Gasteiger partial charge in [-0.25, -0.2) is 4.68 Å². The number of nitrogens with zero attached hydrogens (tertiary/aromatic N) is 3. The average molecular weight is 173 g/mol. The van der Waals surface area contributed by atoms with Gasteiger partial charge in [0.25, 0.3) is 0 Å². The van der Waals surface area contributed by atoms with Crippen molar-refractivity contribution in [1.82, 2.24) is 15.0 Å². The molecular formula is C9H7N3O. The van der Waals surface area contributed by atoms with Crippen molar-refractivity contribution >= 4 is 23.5 Å². The van der Waals surface area contributed by atoms with Crippen molar-refractivity contribution in [3.05, 3.63) is 30.3 Å². The summed E-state index contributed by atoms with van der Waals surface area (Å²) < 4.78 is 1.56. The van der Waals surface area contributed by atoms with Crippen molar-refractivity contribution in [3.63, 3.8) is 0 Å². The first-order valence-corrected chi connectivity index (χ1v) is 3.84. The first-order chi connectivity index (χ1) is 6.42. The van der Waals surface area contributed by atoms with Crippen LogP contribution in [0.25, 0.3) is 17.2 Å². The van der Waals surface area contributed by atoms with Gasteiger partial charge in [-0.05, 0) is 18.2 Å². The molecular weight excluding hydrogens is 166 g/mol. The van der Waals surface area contributed by atoms with Gasteiger partial charge in [-0.2, -0.15) is 0 Å². The predicted molar refractivity (Wildman–Crippen MR) is 48.9 cm³/mol. The Hall–Kier alpha value is -1.97. The van der Waals surface area contributed by atoms with Crippen LogP contribution in [-0.4, -0.2) is 21.3 Å². The molecule has 0 aliphatic carbocycles. The fourth-order valence-electron chi connectivity index (χ4n) is 1.11. The van der Waals surface area contributed by atoms with Crippen molar-refractivity contribution in [2.75, 3.05) is 0 Å². The van der Waals surface area contributed by atoms with E-state index in [0.717, 1.165) is 11.0 Å². The van der Waals surface area contributed by atoms with E-state index < -0.39 is 0 Å². The lowest BCUT2D eigenvalue weighted by Crippen LogP contribution is -1.88. The van der Waals surface area contributed by atoms with Crippen molar-refractivity contribution in [2.45, 2.75) is 0 Å². The minimum Gasteiger partial charge on any atom is -0.299 e. The van der Waals surface area contributed by atoms with Crippen LogP contribution in [0.5, 0.6) is 0 Å². The summed E-state index contributed by atoms with van der Waals surface area (Å²) in [5.41, 5.74) is 1.71. The average Bonchev–Trinajstić information content (AvgIpc) is 2.58. The number of carbonyl (C=O) groups is 1. The number of aldehydes is 1. The summed E-state index contributed by atoms with van der Waals surface area (Å²) in [6.45, 7) is 0. The number of carbonyl (C=O) groups excluding carboxylic acids is 1. The maximum absolute atomic E-state index is 10.1. The summed E-state index contributed by atoms with van der Waals surface area (Å²) in [6.07, 6.45) is 3.65. The first kappa shape index (κ1) is 7.67. The van der Waals surface area contributed by atoms with E-state index in [4.69, 9.17) is 0 Å². The Morgan fingerprint density at radius 2 is 2.15 bits per heavy atom. The van der Waals surface area contributed by atoms with Crippen LogP contribution in [0.1, 0.15) is 0 Å². The summed E-state index contributed by atoms with van der Waals surface area (Å²) in [7, 11) is 0. The zero-order valence-electron chi connectivity index (χ0n) is 6.79. The van der Waals surface area contributed by atoms with Crippen LogP contribution in [0.15, 0.2) is 30.3 Å². The predicted octanol–water partition coefficient (Wildman–Crippen LogP) is 1.10. The second kappa shape index (κ2) is 3.18. The highest BCUT2D eigenvalue weighted by Crippen LogP contribution is 2.09. The Balaban J connectivity index is 2.57. The van der Waals surface area contributed by atoms with Gasteiger partial charge < -0.3 is 0 Å². The van der Waals surface area contributed by atoms with E-state index in [9.17, 15) is 4.79 Å². The third-order valence-corrected chi connectivity index (χ3v) is 1.68. The van der Waals surface area contributed by atoms with Crippen molar-refractivity contribution in [3.8, 4) is 0 Å². The van der Waals surface area contributed by atoms with Crippen LogP contribution < -0.4 is 0 Å². The Bertz CT molecular complexity index is 459. The second-order valence-corrected chi connectivity index (χ2v) is 2.50. The molecule has 2 rings (SSSR count). The largest absolute Gasteiger partial charge is 0.299 e. The molecule has 2 aromatic rings. The molecule has 0 saturated carbocycles. The highest BCUT2D eigenvalue weighted by Gasteiger charge is 1.98. The molecule has 0 aliphatic heterocycles. The summed E-state index contributed by atoms with van der Waals surface area (Å²) in [5, 5.41) is 7.77. The molecule has 0 saturated heterocycles. The molecule has 4 nitrogen and oxygen atoms in total. The summed E-state index contributed by atoms with van der Waals surface area (Å²) in [5.74, 6) is 0. The van der Waals surface area contributed by atoms with E-state index in [2.05, 4.69) is 10.3 Å². The van der Waals surface area contributed by atoms with Crippen LogP contribution in [-0.2, 0) is 4.79 Å². The standard InChI is InChI=1S/C9H7N3O/c13-7-3-6-12-9-5-2-1-4-8(9)10-11-12/h1-7H. The zero-order valence-corrected chi connectivity index (χ0v) is 6.79. The highest BCUT2D eigenvalue weighted by atomic mass is 16.1. The number of fused-ring (bicyclic) bond motifs is 1. The van der Waals surface area contributed by atoms with Gasteiger partial charge in [0, 0.05) is 6.20 Å². The maximum atomic E-state index is 10.1. The van der Waals surface area contributed by atoms with Crippen LogP contribution in [0.4, 0.5) is 0 Å². The molecule has 0 radical (unpaired) electrons. The molecule has 0 bridgehead atoms. The summed E-state index contributed by atoms with van der Waals surface area (Å²) in [6, 6.07) is 7.56. The first-order valence-electron chi connectivity index (χ1n) is 3.84. The van der Waals surface area contributed by atoms with Crippen LogP contribution in [0, 0.1) is 0 Å². The number of hydrogen-bond acceptors (Lipinski definition) is 3. The maximum Gasteiger partial charge on any atom is 0.144 e. The lowest BCUT2D eigenvalue weighted by atomic mass is 10.3. The molecule has 64 valence electrons. The minimum atomic E-state index is 0.705. The van der Waals surface area contributed by atoms with Crippen molar-refractivity contribution in [1.29, 1.82) is 0 Å². The quantitative estimate of drug-likeness (QED) is 0.504. The van der Waals surface area contributed by atoms with Gasteiger partial charge in [0.05, 0.1) is 5.52 Å². The van der Waals surface area contributed by atoms with E-state index in [0.29, 0.717) is 6.29 Å². The molecule has 1 aromatic carbocycles. The number of allylic oxidation sites excluding steroid dienone is 1. The number of hydrogen-bond donors (Lipinski definition) is 0. The topological polar surface area (TPSA) is 47.8 Å². The summed E-state index contributed by atoms with van der Waals surface area (Å²) >= 11 is 0. The fourth-order valence-corrected chi connectivity index (χ4v) is 1.11. The van der Waals surface area contributed by atoms with E-state index in [-0.39, 0.29) is 0 Å². The molecule has 0 aliphatic rings. The number of benzene rings is 1. The Kier molecular flexibility index (Phi) is 1.88. The van der Waals surface area contributed by atoms with Gasteiger partial charge in [0.15, 0.2) is 0 Å². The van der Waals surface area contributed by atoms with E-state index in [1.807, 2.05) is 24.3 Å². The third-order valence-electron chi connectivity index (χ3n) is 1.68. The zero-order chi connectivity index (χ0) is 9.10. The monoisotopic (exact) mass is 173 g/mol. The van der Waals surface area contributed by atoms with Crippen LogP contribution in [0.3, 0.4) is 0 Å². The van der Waals surface area contributed by atoms with Gasteiger partial charge >= 0.3 is 0 Å². The molecule has 0 spiro atoms. The number of para-hydroxylation sites is 1. The Morgan fingerprint density at radius 1 is 1.31 bits per heavy atom. The highest BCUT2D eigenvalue weighted by molar-refractivity contribution is 5.78. The number of aromatic nitrogens is 3. The molecule has 1 aromatic heterocycles. The van der Waals surface area contributed by atoms with Crippen LogP contribution in [0.2, 0.25) is 0 Å². The van der Waals surface area contributed by atoms with Crippen LogP contribution >= 0.6 is 0 Å². The minimum absolute atomic E-state index is 0.705. The van der Waals surface area contributed by atoms with Gasteiger partial charge in [-0.1, -0.05) is 17.3 Å². The normalized spacial score (nSPS) is 11.1. The second-order valence-electron chi connectivity index (χ2n) is 2.50. The smallest absolute Gasteiger partial charge is 0.144 e. The van der Waals surface area contributed by atoms with Crippen molar-refractivity contribution in [2.24, 2.45) is 0 Å². The van der Waals surface area contributed by atoms with Gasteiger partial charge in [-0.15, -0.1) is 5.10 Å². The Labute approximate surface area is 74.5 Å². The van der Waals surface area contributed by atoms with Gasteiger partial charge in [0.2, 0.25) is 0 Å². The lowest BCUT2D eigenvalue weighted by Gasteiger charge is -1.90. The fraction of sp³-hybridized carbons (Fsp3) is 0. The molecule has 0 amide bonds. The van der Waals surface area contributed by atoms with E-state index >= 15 is 0 Å². The van der Waals surface area contributed by atoms with Crippen molar-refractivity contribution < 1.29 is 4.79 Å². The molecule has 0 unspecified atom stereocenters. The van der Waals surface area contributed by atoms with E-state index in [1.54, 1.807) is 10.9 Å². The van der Waals surface area contributed by atoms with Gasteiger partial charge in [0.1, 0.15) is 11.8 Å². The van der Waals surface area contributed by atoms with Gasteiger partial charge in [-0.3, -0.25) is 4.79 Å². The molecule has 13 heavy (non-hydrogen) atoms. The SMILES string of the molecule is O=CC=Cn1nnc2ccccc21. The molecule has 0 N–H and O–H groups in total.